The molecule has 1 saturated heterocycles. The number of piperidine rings is 1. The van der Waals surface area contributed by atoms with Gasteiger partial charge in [0, 0.05) is 31.4 Å². The van der Waals surface area contributed by atoms with Gasteiger partial charge in [0.15, 0.2) is 0 Å². The molecule has 2 aromatic rings. The molecular weight excluding hydrogens is 374 g/mol. The van der Waals surface area contributed by atoms with Crippen molar-refractivity contribution >= 4 is 17.5 Å². The van der Waals surface area contributed by atoms with Gasteiger partial charge in [-0.1, -0.05) is 56.3 Å². The van der Waals surface area contributed by atoms with E-state index >= 15 is 0 Å². The summed E-state index contributed by atoms with van der Waals surface area (Å²) in [6, 6.07) is 17.8. The lowest BCUT2D eigenvalue weighted by atomic mass is 10.0. The van der Waals surface area contributed by atoms with Crippen LogP contribution in [-0.2, 0) is 11.2 Å². The fraction of sp³-hybridized carbons (Fsp3) is 0.440. The molecule has 30 heavy (non-hydrogen) atoms. The Morgan fingerprint density at radius 1 is 1.00 bits per heavy atom. The van der Waals surface area contributed by atoms with Crippen molar-refractivity contribution in [2.45, 2.75) is 45.6 Å². The lowest BCUT2D eigenvalue weighted by molar-refractivity contribution is -0.121. The van der Waals surface area contributed by atoms with Gasteiger partial charge >= 0.3 is 0 Å². The molecule has 0 aromatic heterocycles. The Hall–Kier alpha value is -2.82. The van der Waals surface area contributed by atoms with Crippen LogP contribution in [0.15, 0.2) is 54.6 Å². The predicted molar refractivity (Wildman–Crippen MR) is 122 cm³/mol. The lowest BCUT2D eigenvalue weighted by Crippen LogP contribution is -2.45. The average Bonchev–Trinajstić information content (AvgIpc) is 2.74. The Morgan fingerprint density at radius 3 is 2.37 bits per heavy atom. The van der Waals surface area contributed by atoms with Crippen LogP contribution < -0.4 is 15.5 Å². The summed E-state index contributed by atoms with van der Waals surface area (Å²) in [6.45, 7) is 6.66. The molecule has 0 bridgehead atoms. The Balaban J connectivity index is 1.52. The van der Waals surface area contributed by atoms with E-state index in [9.17, 15) is 9.59 Å². The zero-order chi connectivity index (χ0) is 21.3. The van der Waals surface area contributed by atoms with Crippen LogP contribution in [0.3, 0.4) is 0 Å². The monoisotopic (exact) mass is 407 g/mol. The smallest absolute Gasteiger partial charge is 0.253 e. The number of nitrogens with zero attached hydrogens (tertiary/aromatic N) is 1. The summed E-state index contributed by atoms with van der Waals surface area (Å²) in [7, 11) is 0. The highest BCUT2D eigenvalue weighted by Gasteiger charge is 2.23. The molecule has 1 heterocycles. The van der Waals surface area contributed by atoms with Crippen molar-refractivity contribution in [3.63, 3.8) is 0 Å². The molecule has 160 valence electrons. The van der Waals surface area contributed by atoms with E-state index in [1.165, 1.54) is 0 Å². The standard InChI is InChI=1S/C25H33N3O2/c1-19(2)12-15-26-25(30)22-10-6-7-11-23(22)28-16-13-21(14-17-28)27-24(29)18-20-8-4-3-5-9-20/h3-11,19,21H,12-18H2,1-2H3,(H,26,30)(H,27,29). The summed E-state index contributed by atoms with van der Waals surface area (Å²) in [4.78, 5) is 27.3. The van der Waals surface area contributed by atoms with Crippen molar-refractivity contribution in [2.24, 2.45) is 5.92 Å². The van der Waals surface area contributed by atoms with Gasteiger partial charge in [-0.2, -0.15) is 0 Å². The zero-order valence-electron chi connectivity index (χ0n) is 18.1. The van der Waals surface area contributed by atoms with Crippen LogP contribution in [0.2, 0.25) is 0 Å². The third-order valence-corrected chi connectivity index (χ3v) is 5.56. The molecule has 0 radical (unpaired) electrons. The topological polar surface area (TPSA) is 61.4 Å². The number of para-hydroxylation sites is 1. The fourth-order valence-electron chi connectivity index (χ4n) is 3.84. The first-order valence-electron chi connectivity index (χ1n) is 11.0. The fourth-order valence-corrected chi connectivity index (χ4v) is 3.84. The molecule has 0 unspecified atom stereocenters. The average molecular weight is 408 g/mol. The van der Waals surface area contributed by atoms with Crippen LogP contribution in [-0.4, -0.2) is 37.5 Å². The highest BCUT2D eigenvalue weighted by molar-refractivity contribution is 5.99. The molecule has 0 aliphatic carbocycles. The molecule has 5 nitrogen and oxygen atoms in total. The molecule has 0 saturated carbocycles. The first-order chi connectivity index (χ1) is 14.5. The highest BCUT2D eigenvalue weighted by Crippen LogP contribution is 2.24. The summed E-state index contributed by atoms with van der Waals surface area (Å²) < 4.78 is 0. The van der Waals surface area contributed by atoms with E-state index in [2.05, 4.69) is 29.4 Å². The van der Waals surface area contributed by atoms with Gasteiger partial charge in [0.2, 0.25) is 5.91 Å². The van der Waals surface area contributed by atoms with Crippen LogP contribution in [0.5, 0.6) is 0 Å². The number of hydrogen-bond donors (Lipinski definition) is 2. The highest BCUT2D eigenvalue weighted by atomic mass is 16.2. The summed E-state index contributed by atoms with van der Waals surface area (Å²) in [5.41, 5.74) is 2.74. The molecule has 1 aliphatic rings. The molecule has 1 fully saturated rings. The van der Waals surface area contributed by atoms with Crippen LogP contribution in [0.1, 0.15) is 49.0 Å². The van der Waals surface area contributed by atoms with Gasteiger partial charge < -0.3 is 15.5 Å². The minimum absolute atomic E-state index is 0.00969. The van der Waals surface area contributed by atoms with Gasteiger partial charge in [-0.25, -0.2) is 0 Å². The van der Waals surface area contributed by atoms with Crippen LogP contribution in [0.25, 0.3) is 0 Å². The van der Waals surface area contributed by atoms with Crippen LogP contribution in [0.4, 0.5) is 5.69 Å². The zero-order valence-corrected chi connectivity index (χ0v) is 18.1. The first-order valence-corrected chi connectivity index (χ1v) is 11.0. The Labute approximate surface area is 179 Å². The number of nitrogens with one attached hydrogen (secondary N) is 2. The molecule has 1 aliphatic heterocycles. The minimum atomic E-state index is -0.00969. The second-order valence-electron chi connectivity index (χ2n) is 8.45. The van der Waals surface area contributed by atoms with Gasteiger partial charge in [0.05, 0.1) is 12.0 Å². The SMILES string of the molecule is CC(C)CCNC(=O)c1ccccc1N1CCC(NC(=O)Cc2ccccc2)CC1. The molecule has 0 spiro atoms. The van der Waals surface area contributed by atoms with E-state index in [0.29, 0.717) is 18.9 Å². The second kappa shape index (κ2) is 10.8. The molecular formula is C25H33N3O2. The predicted octanol–water partition coefficient (Wildman–Crippen LogP) is 3.79. The Kier molecular flexibility index (Phi) is 7.89. The van der Waals surface area contributed by atoms with Crippen molar-refractivity contribution in [1.82, 2.24) is 10.6 Å². The van der Waals surface area contributed by atoms with Gasteiger partial charge in [-0.15, -0.1) is 0 Å². The largest absolute Gasteiger partial charge is 0.371 e. The van der Waals surface area contributed by atoms with E-state index in [-0.39, 0.29) is 17.9 Å². The number of anilines is 1. The second-order valence-corrected chi connectivity index (χ2v) is 8.45. The van der Waals surface area contributed by atoms with Crippen LogP contribution in [0, 0.1) is 5.92 Å². The maximum atomic E-state index is 12.7. The number of rotatable bonds is 8. The number of benzene rings is 2. The third-order valence-electron chi connectivity index (χ3n) is 5.56. The third kappa shape index (κ3) is 6.34. The van der Waals surface area contributed by atoms with E-state index in [4.69, 9.17) is 0 Å². The van der Waals surface area contributed by atoms with Crippen molar-refractivity contribution in [3.05, 3.63) is 65.7 Å². The van der Waals surface area contributed by atoms with Crippen LogP contribution >= 0.6 is 0 Å². The summed E-state index contributed by atoms with van der Waals surface area (Å²) in [6.07, 6.45) is 3.15. The quantitative estimate of drug-likeness (QED) is 0.700. The van der Waals surface area contributed by atoms with Crippen molar-refractivity contribution in [3.8, 4) is 0 Å². The van der Waals surface area contributed by atoms with E-state index in [1.807, 2.05) is 54.6 Å². The van der Waals surface area contributed by atoms with E-state index in [0.717, 1.165) is 49.2 Å². The van der Waals surface area contributed by atoms with E-state index < -0.39 is 0 Å². The number of carbonyl (C=O) groups excluding carboxylic acids is 2. The maximum Gasteiger partial charge on any atom is 0.253 e. The van der Waals surface area contributed by atoms with Crippen molar-refractivity contribution in [1.29, 1.82) is 0 Å². The Bertz CT molecular complexity index is 827. The van der Waals surface area contributed by atoms with Gasteiger partial charge in [-0.3, -0.25) is 9.59 Å². The molecule has 2 amide bonds. The lowest BCUT2D eigenvalue weighted by Gasteiger charge is -2.35. The summed E-state index contributed by atoms with van der Waals surface area (Å²) >= 11 is 0. The maximum absolute atomic E-state index is 12.7. The van der Waals surface area contributed by atoms with Gasteiger partial charge in [0.25, 0.3) is 5.91 Å². The normalized spacial score (nSPS) is 14.6. The number of carbonyl (C=O) groups is 2. The summed E-state index contributed by atoms with van der Waals surface area (Å²) in [5, 5.41) is 6.22. The first kappa shape index (κ1) is 21.9. The number of amides is 2. The molecule has 2 aromatic carbocycles. The van der Waals surface area contributed by atoms with Crippen molar-refractivity contribution < 1.29 is 9.59 Å². The Morgan fingerprint density at radius 2 is 1.67 bits per heavy atom. The van der Waals surface area contributed by atoms with E-state index in [1.54, 1.807) is 0 Å². The molecule has 2 N–H and O–H groups in total. The number of hydrogen-bond acceptors (Lipinski definition) is 3. The van der Waals surface area contributed by atoms with Gasteiger partial charge in [-0.05, 0) is 42.9 Å². The van der Waals surface area contributed by atoms with Gasteiger partial charge in [0.1, 0.15) is 0 Å². The molecule has 3 rings (SSSR count). The molecule has 5 heteroatoms. The summed E-state index contributed by atoms with van der Waals surface area (Å²) in [5.74, 6) is 0.630. The van der Waals surface area contributed by atoms with Crippen molar-refractivity contribution in [2.75, 3.05) is 24.5 Å². The molecule has 0 atom stereocenters. The minimum Gasteiger partial charge on any atom is -0.371 e.